The Bertz CT molecular complexity index is 1080. The Balaban J connectivity index is 1.78. The summed E-state index contributed by atoms with van der Waals surface area (Å²) in [5.74, 6) is 1.08. The van der Waals surface area contributed by atoms with Gasteiger partial charge in [-0.3, -0.25) is 19.4 Å². The highest BCUT2D eigenvalue weighted by molar-refractivity contribution is 8.00. The van der Waals surface area contributed by atoms with E-state index < -0.39 is 0 Å². The van der Waals surface area contributed by atoms with Crippen LogP contribution in [0.15, 0.2) is 41.3 Å². The van der Waals surface area contributed by atoms with Crippen molar-refractivity contribution in [2.45, 2.75) is 63.5 Å². The second-order valence-electron chi connectivity index (χ2n) is 9.06. The van der Waals surface area contributed by atoms with Crippen LogP contribution in [-0.2, 0) is 14.3 Å². The van der Waals surface area contributed by atoms with Crippen molar-refractivity contribution in [1.29, 1.82) is 0 Å². The van der Waals surface area contributed by atoms with Gasteiger partial charge in [0.2, 0.25) is 5.91 Å². The van der Waals surface area contributed by atoms with Gasteiger partial charge in [-0.05, 0) is 63.6 Å². The molecule has 0 radical (unpaired) electrons. The summed E-state index contributed by atoms with van der Waals surface area (Å²) in [4.78, 5) is 28.8. The number of hydrogen-bond acceptors (Lipinski definition) is 7. The van der Waals surface area contributed by atoms with E-state index >= 15 is 0 Å². The molecule has 3 rings (SSSR count). The van der Waals surface area contributed by atoms with E-state index in [1.807, 2.05) is 37.3 Å². The maximum absolute atomic E-state index is 12.7. The quantitative estimate of drug-likeness (QED) is 0.330. The van der Waals surface area contributed by atoms with Crippen LogP contribution in [0.25, 0.3) is 0 Å². The lowest BCUT2D eigenvalue weighted by molar-refractivity contribution is -0.141. The summed E-state index contributed by atoms with van der Waals surface area (Å²) in [5.41, 5.74) is 1.70. The normalized spacial score (nSPS) is 15.7. The van der Waals surface area contributed by atoms with Gasteiger partial charge in [0.1, 0.15) is 23.5 Å². The first-order chi connectivity index (χ1) is 17.1. The van der Waals surface area contributed by atoms with Crippen molar-refractivity contribution in [1.82, 2.24) is 4.90 Å². The van der Waals surface area contributed by atoms with Crippen LogP contribution in [0.2, 0.25) is 5.02 Å². The molecule has 1 amide bonds. The van der Waals surface area contributed by atoms with Crippen LogP contribution in [0.3, 0.4) is 0 Å². The third-order valence-electron chi connectivity index (χ3n) is 6.04. The molecule has 0 saturated heterocycles. The standard InChI is InChI=1S/C27H35ClN2O5S/c1-17(2)29(13-14-34-20(5)32)12-11-18(3)35-25-10-8-22(33-6)16-23(25)27-30(19(4)31)24-9-7-21(28)15-26(24)36-27/h7-10,15-18,27H,11-14H2,1-6H3. The zero-order chi connectivity index (χ0) is 26.4. The highest BCUT2D eigenvalue weighted by Gasteiger charge is 2.36. The molecule has 1 aliphatic heterocycles. The highest BCUT2D eigenvalue weighted by atomic mass is 35.5. The third-order valence-corrected chi connectivity index (χ3v) is 7.55. The molecule has 9 heteroatoms. The summed E-state index contributed by atoms with van der Waals surface area (Å²) in [6, 6.07) is 11.6. The van der Waals surface area contributed by atoms with Gasteiger partial charge in [0, 0.05) is 48.5 Å². The number of fused-ring (bicyclic) bond motifs is 1. The maximum Gasteiger partial charge on any atom is 0.302 e. The number of rotatable bonds is 11. The van der Waals surface area contributed by atoms with Crippen LogP contribution in [0.5, 0.6) is 11.5 Å². The van der Waals surface area contributed by atoms with E-state index in [0.29, 0.717) is 35.7 Å². The van der Waals surface area contributed by atoms with E-state index in [1.54, 1.807) is 36.8 Å². The number of amides is 1. The molecular formula is C27H35ClN2O5S. The minimum absolute atomic E-state index is 0.0595. The molecule has 0 N–H and O–H groups in total. The minimum atomic E-state index is -0.302. The second kappa shape index (κ2) is 12.7. The zero-order valence-electron chi connectivity index (χ0n) is 21.7. The van der Waals surface area contributed by atoms with Crippen molar-refractivity contribution < 1.29 is 23.8 Å². The summed E-state index contributed by atoms with van der Waals surface area (Å²) in [6.45, 7) is 11.1. The van der Waals surface area contributed by atoms with Gasteiger partial charge in [0.25, 0.3) is 0 Å². The topological polar surface area (TPSA) is 68.3 Å². The highest BCUT2D eigenvalue weighted by Crippen LogP contribution is 2.54. The number of halogens is 1. The zero-order valence-corrected chi connectivity index (χ0v) is 23.3. The Hall–Kier alpha value is -2.42. The molecule has 2 atom stereocenters. The third kappa shape index (κ3) is 7.08. The van der Waals surface area contributed by atoms with E-state index in [1.165, 1.54) is 6.92 Å². The van der Waals surface area contributed by atoms with Crippen LogP contribution < -0.4 is 14.4 Å². The van der Waals surface area contributed by atoms with Gasteiger partial charge < -0.3 is 14.2 Å². The van der Waals surface area contributed by atoms with E-state index in [-0.39, 0.29) is 23.4 Å². The van der Waals surface area contributed by atoms with Gasteiger partial charge in [0.15, 0.2) is 0 Å². The number of benzene rings is 2. The number of esters is 1. The fourth-order valence-electron chi connectivity index (χ4n) is 4.13. The number of ether oxygens (including phenoxy) is 3. The van der Waals surface area contributed by atoms with Crippen LogP contribution in [0.1, 0.15) is 52.0 Å². The maximum atomic E-state index is 12.7. The first-order valence-corrected chi connectivity index (χ1v) is 13.3. The van der Waals surface area contributed by atoms with Crippen molar-refractivity contribution in [3.05, 3.63) is 47.0 Å². The van der Waals surface area contributed by atoms with Gasteiger partial charge in [-0.25, -0.2) is 0 Å². The van der Waals surface area contributed by atoms with E-state index in [4.69, 9.17) is 25.8 Å². The van der Waals surface area contributed by atoms with Crippen molar-refractivity contribution in [3.63, 3.8) is 0 Å². The molecule has 2 aromatic rings. The smallest absolute Gasteiger partial charge is 0.302 e. The van der Waals surface area contributed by atoms with Crippen molar-refractivity contribution in [2.24, 2.45) is 0 Å². The molecule has 0 fully saturated rings. The first-order valence-electron chi connectivity index (χ1n) is 12.1. The molecule has 36 heavy (non-hydrogen) atoms. The predicted octanol–water partition coefficient (Wildman–Crippen LogP) is 5.94. The van der Waals surface area contributed by atoms with Gasteiger partial charge in [-0.1, -0.05) is 23.4 Å². The fourth-order valence-corrected chi connectivity index (χ4v) is 5.77. The van der Waals surface area contributed by atoms with Crippen molar-refractivity contribution in [2.75, 3.05) is 31.7 Å². The lowest BCUT2D eigenvalue weighted by atomic mass is 10.1. The molecular weight excluding hydrogens is 500 g/mol. The molecule has 2 aromatic carbocycles. The molecule has 2 unspecified atom stereocenters. The van der Waals surface area contributed by atoms with Gasteiger partial charge >= 0.3 is 5.97 Å². The van der Waals surface area contributed by atoms with E-state index in [2.05, 4.69) is 18.7 Å². The number of methoxy groups -OCH3 is 1. The summed E-state index contributed by atoms with van der Waals surface area (Å²) in [5, 5.41) is 0.328. The molecule has 0 aliphatic carbocycles. The minimum Gasteiger partial charge on any atom is -0.497 e. The van der Waals surface area contributed by atoms with E-state index in [9.17, 15) is 9.59 Å². The molecule has 7 nitrogen and oxygen atoms in total. The first kappa shape index (κ1) is 28.2. The van der Waals surface area contributed by atoms with Crippen LogP contribution in [0, 0.1) is 0 Å². The van der Waals surface area contributed by atoms with Crippen LogP contribution in [0.4, 0.5) is 5.69 Å². The van der Waals surface area contributed by atoms with Gasteiger partial charge in [-0.2, -0.15) is 0 Å². The second-order valence-corrected chi connectivity index (χ2v) is 10.6. The van der Waals surface area contributed by atoms with E-state index in [0.717, 1.165) is 29.1 Å². The Morgan fingerprint density at radius 3 is 2.50 bits per heavy atom. The van der Waals surface area contributed by atoms with Gasteiger partial charge in [-0.15, -0.1) is 0 Å². The largest absolute Gasteiger partial charge is 0.497 e. The number of carbonyl (C=O) groups excluding carboxylic acids is 2. The average molecular weight is 535 g/mol. The molecule has 1 aliphatic rings. The lowest BCUT2D eigenvalue weighted by Gasteiger charge is -2.29. The predicted molar refractivity (Wildman–Crippen MR) is 144 cm³/mol. The Kier molecular flexibility index (Phi) is 9.93. The summed E-state index contributed by atoms with van der Waals surface area (Å²) < 4.78 is 17.0. The van der Waals surface area contributed by atoms with Crippen molar-refractivity contribution >= 4 is 40.9 Å². The summed E-state index contributed by atoms with van der Waals surface area (Å²) in [7, 11) is 1.62. The molecule has 0 spiro atoms. The Morgan fingerprint density at radius 2 is 1.86 bits per heavy atom. The average Bonchev–Trinajstić information content (AvgIpc) is 3.19. The van der Waals surface area contributed by atoms with Crippen LogP contribution >= 0.6 is 23.4 Å². The SMILES string of the molecule is COc1ccc(OC(C)CCN(CCOC(C)=O)C(C)C)c(C2Sc3cc(Cl)ccc3N2C(C)=O)c1. The van der Waals surface area contributed by atoms with Crippen LogP contribution in [-0.4, -0.2) is 55.7 Å². The number of hydrogen-bond donors (Lipinski definition) is 0. The summed E-state index contributed by atoms with van der Waals surface area (Å²) in [6.07, 6.45) is 0.703. The Labute approximate surface area is 223 Å². The monoisotopic (exact) mass is 534 g/mol. The molecule has 0 bridgehead atoms. The summed E-state index contributed by atoms with van der Waals surface area (Å²) >= 11 is 7.80. The number of thioether (sulfide) groups is 1. The molecule has 1 heterocycles. The number of nitrogens with zero attached hydrogens (tertiary/aromatic N) is 2. The lowest BCUT2D eigenvalue weighted by Crippen LogP contribution is -2.36. The molecule has 196 valence electrons. The fraction of sp³-hybridized carbons (Fsp3) is 0.481. The number of anilines is 1. The van der Waals surface area contributed by atoms with Gasteiger partial charge in [0.05, 0.1) is 18.9 Å². The van der Waals surface area contributed by atoms with Crippen molar-refractivity contribution in [3.8, 4) is 11.5 Å². The number of carbonyl (C=O) groups is 2. The molecule has 0 aromatic heterocycles. The Morgan fingerprint density at radius 1 is 1.11 bits per heavy atom. The molecule has 0 saturated carbocycles.